The second-order valence-electron chi connectivity index (χ2n) is 25.9. The van der Waals surface area contributed by atoms with E-state index in [1.165, 1.54) is 87.0 Å². The smallest absolute Gasteiger partial charge is 0.384 e. The molecule has 0 aliphatic heterocycles. The topological polar surface area (TPSA) is 300 Å². The third-order valence-electron chi connectivity index (χ3n) is 18.3. The molecule has 26 heteroatoms. The summed E-state index contributed by atoms with van der Waals surface area (Å²) in [6.45, 7) is 8.33. The zero-order chi connectivity index (χ0) is 72.8. The molecule has 19 nitrogen and oxygen atoms in total. The van der Waals surface area contributed by atoms with E-state index in [1.54, 1.807) is 48.5 Å². The molecule has 4 amide bonds. The summed E-state index contributed by atoms with van der Waals surface area (Å²) >= 11 is 0. The van der Waals surface area contributed by atoms with Crippen molar-refractivity contribution in [2.45, 2.75) is 142 Å². The fraction of sp³-hybridized carbons (Fsp3) is 0.307. The number of ether oxygens (including phenoxy) is 1. The number of amides is 4. The SMILES string of the molecule is COCCS(=O)(=O)c1ccc(C(=O)N[C@@H]2CCc3cc(C)ccc32)cc1.Cc1ccc2c(c1)CC[C@H]2NC(=O)c1ccc(NS(N)(=O)=O)cc1.Cc1ccc2c(c1)CC[C@H]2NC(=O)c1ccc(S(=O)(=O)C(F)(F)F)cc1.Cc1ccc2c(c1)CC[C@H]2NC(=O)c1ccc(S(=O)(=O)C2CC2)cc1. The van der Waals surface area contributed by atoms with Crippen LogP contribution in [0.5, 0.6) is 0 Å². The number of benzene rings is 8. The Kier molecular flexibility index (Phi) is 22.9. The van der Waals surface area contributed by atoms with E-state index >= 15 is 0 Å². The molecular weight excluding hydrogens is 1380 g/mol. The van der Waals surface area contributed by atoms with Gasteiger partial charge in [0.1, 0.15) is 0 Å². The molecule has 1 saturated carbocycles. The van der Waals surface area contributed by atoms with Gasteiger partial charge < -0.3 is 26.0 Å². The van der Waals surface area contributed by atoms with E-state index in [9.17, 15) is 66.0 Å². The van der Waals surface area contributed by atoms with E-state index < -0.39 is 56.0 Å². The van der Waals surface area contributed by atoms with Gasteiger partial charge >= 0.3 is 5.51 Å². The predicted octanol–water partition coefficient (Wildman–Crippen LogP) is 11.9. The maximum absolute atomic E-state index is 12.6. The van der Waals surface area contributed by atoms with Gasteiger partial charge in [-0.15, -0.1) is 0 Å². The molecule has 8 aromatic rings. The highest BCUT2D eigenvalue weighted by Gasteiger charge is 2.47. The minimum atomic E-state index is -5.42. The minimum absolute atomic E-state index is 0.00297. The van der Waals surface area contributed by atoms with Crippen molar-refractivity contribution < 1.29 is 70.8 Å². The number of aryl methyl sites for hydroxylation is 8. The quantitative estimate of drug-likeness (QED) is 0.0495. The number of halogens is 3. The first kappa shape index (κ1) is 74.6. The van der Waals surface area contributed by atoms with Gasteiger partial charge in [-0.05, 0) is 233 Å². The van der Waals surface area contributed by atoms with Gasteiger partial charge in [-0.2, -0.15) is 21.6 Å². The largest absolute Gasteiger partial charge is 0.501 e. The number of alkyl halides is 3. The summed E-state index contributed by atoms with van der Waals surface area (Å²) in [6.07, 6.45) is 8.62. The normalized spacial score (nSPS) is 17.3. The van der Waals surface area contributed by atoms with Gasteiger partial charge in [-0.1, -0.05) is 95.1 Å². The van der Waals surface area contributed by atoms with Crippen LogP contribution in [0.15, 0.2) is 185 Å². The van der Waals surface area contributed by atoms with Gasteiger partial charge in [-0.3, -0.25) is 23.9 Å². The highest BCUT2D eigenvalue weighted by atomic mass is 32.2. The van der Waals surface area contributed by atoms with Crippen molar-refractivity contribution in [1.82, 2.24) is 21.3 Å². The monoisotopic (exact) mass is 1460 g/mol. The first-order valence-corrected chi connectivity index (χ1v) is 39.1. The van der Waals surface area contributed by atoms with Crippen molar-refractivity contribution in [1.29, 1.82) is 0 Å². The van der Waals surface area contributed by atoms with Crippen molar-refractivity contribution in [3.05, 3.63) is 259 Å². The van der Waals surface area contributed by atoms with Crippen molar-refractivity contribution >= 4 is 69.0 Å². The van der Waals surface area contributed by atoms with E-state index in [1.807, 2.05) is 19.1 Å². The van der Waals surface area contributed by atoms with E-state index in [0.29, 0.717) is 27.3 Å². The minimum Gasteiger partial charge on any atom is -0.384 e. The Labute approximate surface area is 587 Å². The average molecular weight is 1460 g/mol. The molecule has 0 radical (unpaired) electrons. The van der Waals surface area contributed by atoms with Crippen LogP contribution in [0.1, 0.15) is 171 Å². The number of carbonyl (C=O) groups excluding carboxylic acids is 4. The maximum Gasteiger partial charge on any atom is 0.501 e. The summed E-state index contributed by atoms with van der Waals surface area (Å²) in [5.74, 6) is -1.07. The molecule has 0 saturated heterocycles. The van der Waals surface area contributed by atoms with Crippen molar-refractivity contribution in [3.8, 4) is 0 Å². The number of nitrogens with one attached hydrogen (secondary N) is 5. The lowest BCUT2D eigenvalue weighted by molar-refractivity contribution is -0.0436. The second-order valence-corrected chi connectivity index (χ2v) is 33.4. The Bertz CT molecular complexity index is 4900. The molecule has 5 aliphatic rings. The molecule has 0 bridgehead atoms. The van der Waals surface area contributed by atoms with E-state index in [0.717, 1.165) is 99.6 Å². The Morgan fingerprint density at radius 1 is 0.426 bits per heavy atom. The Morgan fingerprint density at radius 2 is 0.723 bits per heavy atom. The number of methoxy groups -OCH3 is 1. The summed E-state index contributed by atoms with van der Waals surface area (Å²) in [5.41, 5.74) is 10.9. The first-order chi connectivity index (χ1) is 47.8. The summed E-state index contributed by atoms with van der Waals surface area (Å²) < 4.78 is 138. The van der Waals surface area contributed by atoms with Crippen LogP contribution in [0.25, 0.3) is 0 Å². The summed E-state index contributed by atoms with van der Waals surface area (Å²) in [5, 5.41) is 16.7. The predicted molar refractivity (Wildman–Crippen MR) is 379 cm³/mol. The van der Waals surface area contributed by atoms with Crippen LogP contribution in [0.2, 0.25) is 0 Å². The van der Waals surface area contributed by atoms with Crippen LogP contribution in [0, 0.1) is 27.7 Å². The summed E-state index contributed by atoms with van der Waals surface area (Å²) in [6, 6.07) is 47.1. The Hall–Kier alpha value is -9.05. The summed E-state index contributed by atoms with van der Waals surface area (Å²) in [7, 11) is -14.4. The number of carbonyl (C=O) groups is 4. The summed E-state index contributed by atoms with van der Waals surface area (Å²) in [4.78, 5) is 49.4. The van der Waals surface area contributed by atoms with E-state index in [-0.39, 0.29) is 70.0 Å². The number of anilines is 1. The third-order valence-corrected chi connectivity index (χ3v) is 24.3. The molecule has 7 N–H and O–H groups in total. The molecule has 1 fully saturated rings. The second kappa shape index (κ2) is 31.0. The molecule has 13 rings (SSSR count). The molecule has 0 spiro atoms. The third kappa shape index (κ3) is 18.6. The zero-order valence-electron chi connectivity index (χ0n) is 56.2. The molecule has 0 heterocycles. The molecule has 0 aromatic heterocycles. The van der Waals surface area contributed by atoms with E-state index in [2.05, 4.69) is 107 Å². The van der Waals surface area contributed by atoms with Crippen LogP contribution in [0.3, 0.4) is 0 Å². The molecule has 0 unspecified atom stereocenters. The average Bonchev–Trinajstić information content (AvgIpc) is 1.78. The number of nitrogens with two attached hydrogens (primary N) is 1. The Morgan fingerprint density at radius 3 is 1.01 bits per heavy atom. The lowest BCUT2D eigenvalue weighted by Crippen LogP contribution is -2.27. The van der Waals surface area contributed by atoms with Gasteiger partial charge in [0.15, 0.2) is 19.7 Å². The molecule has 101 heavy (non-hydrogen) atoms. The first-order valence-electron chi connectivity index (χ1n) is 32.9. The zero-order valence-corrected chi connectivity index (χ0v) is 59.5. The van der Waals surface area contributed by atoms with Gasteiger partial charge in [0.25, 0.3) is 43.7 Å². The number of fused-ring (bicyclic) bond motifs is 4. The molecule has 532 valence electrons. The lowest BCUT2D eigenvalue weighted by Gasteiger charge is -2.15. The van der Waals surface area contributed by atoms with Gasteiger partial charge in [0.2, 0.25) is 0 Å². The van der Waals surface area contributed by atoms with Crippen LogP contribution in [-0.2, 0) is 70.1 Å². The molecule has 5 aliphatic carbocycles. The molecular formula is C75H79F3N6O13S4. The van der Waals surface area contributed by atoms with Crippen molar-refractivity contribution in [2.24, 2.45) is 5.14 Å². The maximum atomic E-state index is 12.6. The fourth-order valence-electron chi connectivity index (χ4n) is 12.8. The highest BCUT2D eigenvalue weighted by Crippen LogP contribution is 2.38. The molecule has 4 atom stereocenters. The van der Waals surface area contributed by atoms with Crippen LogP contribution >= 0.6 is 0 Å². The number of sulfone groups is 3. The van der Waals surface area contributed by atoms with Crippen LogP contribution in [-0.4, -0.2) is 87.5 Å². The van der Waals surface area contributed by atoms with Crippen molar-refractivity contribution in [2.75, 3.05) is 24.2 Å². The number of rotatable bonds is 17. The highest BCUT2D eigenvalue weighted by molar-refractivity contribution is 7.92. The lowest BCUT2D eigenvalue weighted by atomic mass is 10.1. The van der Waals surface area contributed by atoms with Crippen LogP contribution in [0.4, 0.5) is 18.9 Å². The fourth-order valence-corrected chi connectivity index (χ4v) is 16.9. The van der Waals surface area contributed by atoms with Gasteiger partial charge in [-0.25, -0.2) is 30.4 Å². The Balaban J connectivity index is 0.000000145. The number of hydrogen-bond acceptors (Lipinski definition) is 13. The van der Waals surface area contributed by atoms with Crippen molar-refractivity contribution in [3.63, 3.8) is 0 Å². The molecule has 8 aromatic carbocycles. The van der Waals surface area contributed by atoms with Gasteiger partial charge in [0.05, 0.1) is 56.5 Å². The van der Waals surface area contributed by atoms with Crippen LogP contribution < -0.4 is 31.1 Å². The van der Waals surface area contributed by atoms with E-state index in [4.69, 9.17) is 9.88 Å². The number of hydrogen-bond donors (Lipinski definition) is 6. The standard InChI is InChI=1S/C20H23NO4S.C20H21NO3S.C18H16F3NO3S.C17H19N3O3S/c1-14-3-9-18-16(13-14)6-10-19(18)21-20(22)15-4-7-17(8-5-15)26(23,24)12-11-25-2;1-13-2-10-18-15(12-13)5-11-19(18)21-20(22)14-3-6-16(7-4-14)25(23,24)17-8-9-17;1-11-2-8-15-13(10-11)5-9-16(15)22-17(23)12-3-6-14(7-4-12)26(24,25)18(19,20)21;1-11-2-8-15-13(10-11)5-9-16(15)19-17(21)12-3-6-14(7-4-12)20-24(18,22)23/h3-5,7-9,13,19H,6,10-12H2,1-2H3,(H,21,22);2-4,6-7,10,12,17,19H,5,8-9,11H2,1H3,(H,21,22);2-4,6-8,10,16H,5,9H2,1H3,(H,22,23);2-4,6-8,10,16,20H,5,9H2,1H3,(H,19,21)(H2,18,22,23)/t2*19-;2*16-/m1111/s1. The van der Waals surface area contributed by atoms with Gasteiger partial charge in [0, 0.05) is 35.1 Å².